The fraction of sp³-hybridized carbons (Fsp3) is 0.714. The maximum atomic E-state index is 4.32. The highest BCUT2D eigenvalue weighted by molar-refractivity contribution is 5.37. The van der Waals surface area contributed by atoms with Gasteiger partial charge in [-0.05, 0) is 51.3 Å². The van der Waals surface area contributed by atoms with Crippen molar-refractivity contribution in [2.75, 3.05) is 19.0 Å². The summed E-state index contributed by atoms with van der Waals surface area (Å²) in [6.07, 6.45) is 5.93. The Morgan fingerprint density at radius 2 is 1.94 bits per heavy atom. The van der Waals surface area contributed by atoms with Gasteiger partial charge in [0.2, 0.25) is 0 Å². The van der Waals surface area contributed by atoms with Crippen LogP contribution in [0.2, 0.25) is 0 Å². The van der Waals surface area contributed by atoms with E-state index >= 15 is 0 Å². The van der Waals surface area contributed by atoms with Gasteiger partial charge in [0.1, 0.15) is 0 Å². The van der Waals surface area contributed by atoms with E-state index in [0.717, 1.165) is 17.9 Å². The zero-order valence-electron chi connectivity index (χ0n) is 11.7. The third kappa shape index (κ3) is 2.99. The second kappa shape index (κ2) is 6.14. The van der Waals surface area contributed by atoms with Gasteiger partial charge in [-0.15, -0.1) is 5.10 Å². The molecule has 1 N–H and O–H groups in total. The summed E-state index contributed by atoms with van der Waals surface area (Å²) < 4.78 is 0. The van der Waals surface area contributed by atoms with E-state index in [4.69, 9.17) is 0 Å². The molecule has 2 rings (SSSR count). The minimum atomic E-state index is 0.608. The molecule has 1 aromatic rings. The van der Waals surface area contributed by atoms with Crippen molar-refractivity contribution in [2.24, 2.45) is 0 Å². The topological polar surface area (TPSA) is 41.0 Å². The fourth-order valence-electron chi connectivity index (χ4n) is 2.67. The maximum Gasteiger partial charge on any atom is 0.151 e. The molecular formula is C14H24N4. The number of aromatic nitrogens is 2. The standard InChI is InChI=1S/C14H24N4/c1-4-11-7-10-14(17-16-11)18(3)13-8-5-12(15-2)6-9-13/h7,10,12-13,15H,4-6,8-9H2,1-3H3. The molecule has 100 valence electrons. The fourth-order valence-corrected chi connectivity index (χ4v) is 2.67. The van der Waals surface area contributed by atoms with Crippen LogP contribution in [0.3, 0.4) is 0 Å². The van der Waals surface area contributed by atoms with Gasteiger partial charge in [0.15, 0.2) is 5.82 Å². The lowest BCUT2D eigenvalue weighted by Gasteiger charge is -2.35. The van der Waals surface area contributed by atoms with Crippen molar-refractivity contribution in [3.8, 4) is 0 Å². The van der Waals surface area contributed by atoms with Crippen molar-refractivity contribution in [1.29, 1.82) is 0 Å². The molecule has 0 radical (unpaired) electrons. The predicted octanol–water partition coefficient (Wildman–Crippen LogP) is 2.01. The Morgan fingerprint density at radius 1 is 1.22 bits per heavy atom. The highest BCUT2D eigenvalue weighted by Crippen LogP contribution is 2.25. The Kier molecular flexibility index (Phi) is 4.53. The zero-order chi connectivity index (χ0) is 13.0. The first-order valence-electron chi connectivity index (χ1n) is 6.97. The molecule has 1 aliphatic carbocycles. The summed E-state index contributed by atoms with van der Waals surface area (Å²) in [7, 11) is 4.20. The predicted molar refractivity (Wildman–Crippen MR) is 74.9 cm³/mol. The SMILES string of the molecule is CCc1ccc(N(C)C2CCC(NC)CC2)nn1. The van der Waals surface area contributed by atoms with Gasteiger partial charge in [-0.2, -0.15) is 5.10 Å². The molecule has 0 bridgehead atoms. The van der Waals surface area contributed by atoms with E-state index in [-0.39, 0.29) is 0 Å². The van der Waals surface area contributed by atoms with Crippen LogP contribution in [0.15, 0.2) is 12.1 Å². The van der Waals surface area contributed by atoms with Gasteiger partial charge in [-0.25, -0.2) is 0 Å². The lowest BCUT2D eigenvalue weighted by atomic mass is 9.90. The number of nitrogens with zero attached hydrogens (tertiary/aromatic N) is 3. The molecule has 1 aromatic heterocycles. The highest BCUT2D eigenvalue weighted by Gasteiger charge is 2.23. The number of nitrogens with one attached hydrogen (secondary N) is 1. The normalized spacial score (nSPS) is 23.9. The van der Waals surface area contributed by atoms with Crippen molar-refractivity contribution in [3.63, 3.8) is 0 Å². The third-order valence-electron chi connectivity index (χ3n) is 4.08. The van der Waals surface area contributed by atoms with E-state index in [1.165, 1.54) is 25.7 Å². The average molecular weight is 248 g/mol. The van der Waals surface area contributed by atoms with Crippen molar-refractivity contribution in [2.45, 2.75) is 51.1 Å². The second-order valence-electron chi connectivity index (χ2n) is 5.14. The highest BCUT2D eigenvalue weighted by atomic mass is 15.3. The Labute approximate surface area is 110 Å². The van der Waals surface area contributed by atoms with Crippen molar-refractivity contribution >= 4 is 5.82 Å². The summed E-state index contributed by atoms with van der Waals surface area (Å²) in [5.74, 6) is 1.00. The van der Waals surface area contributed by atoms with E-state index in [9.17, 15) is 0 Å². The molecule has 0 spiro atoms. The Balaban J connectivity index is 1.96. The first kappa shape index (κ1) is 13.3. The summed E-state index contributed by atoms with van der Waals surface area (Å²) in [5.41, 5.74) is 1.06. The lowest BCUT2D eigenvalue weighted by Crippen LogP contribution is -2.40. The van der Waals surface area contributed by atoms with Gasteiger partial charge in [-0.3, -0.25) is 0 Å². The Morgan fingerprint density at radius 3 is 2.44 bits per heavy atom. The van der Waals surface area contributed by atoms with Crippen LogP contribution < -0.4 is 10.2 Å². The molecule has 1 aliphatic rings. The molecule has 18 heavy (non-hydrogen) atoms. The molecule has 4 nitrogen and oxygen atoms in total. The Bertz CT molecular complexity index is 355. The number of aryl methyl sites for hydroxylation is 1. The summed E-state index contributed by atoms with van der Waals surface area (Å²) in [4.78, 5) is 2.29. The van der Waals surface area contributed by atoms with Crippen molar-refractivity contribution < 1.29 is 0 Å². The molecule has 0 aliphatic heterocycles. The van der Waals surface area contributed by atoms with Crippen LogP contribution >= 0.6 is 0 Å². The molecule has 0 aromatic carbocycles. The van der Waals surface area contributed by atoms with Gasteiger partial charge in [-0.1, -0.05) is 6.92 Å². The number of rotatable bonds is 4. The summed E-state index contributed by atoms with van der Waals surface area (Å²) in [6.45, 7) is 2.10. The number of anilines is 1. The van der Waals surface area contributed by atoms with Crippen LogP contribution in [0.4, 0.5) is 5.82 Å². The molecule has 0 amide bonds. The lowest BCUT2D eigenvalue weighted by molar-refractivity contribution is 0.350. The number of hydrogen-bond donors (Lipinski definition) is 1. The molecule has 1 heterocycles. The van der Waals surface area contributed by atoms with Crippen LogP contribution in [-0.4, -0.2) is 36.4 Å². The van der Waals surface area contributed by atoms with E-state index in [1.54, 1.807) is 0 Å². The van der Waals surface area contributed by atoms with Gasteiger partial charge in [0, 0.05) is 19.1 Å². The molecule has 0 unspecified atom stereocenters. The molecular weight excluding hydrogens is 224 g/mol. The Hall–Kier alpha value is -1.16. The van der Waals surface area contributed by atoms with E-state index in [0.29, 0.717) is 12.1 Å². The van der Waals surface area contributed by atoms with E-state index < -0.39 is 0 Å². The van der Waals surface area contributed by atoms with Gasteiger partial charge in [0.25, 0.3) is 0 Å². The minimum Gasteiger partial charge on any atom is -0.355 e. The second-order valence-corrected chi connectivity index (χ2v) is 5.14. The molecule has 0 saturated heterocycles. The third-order valence-corrected chi connectivity index (χ3v) is 4.08. The van der Waals surface area contributed by atoms with Crippen LogP contribution in [0.1, 0.15) is 38.3 Å². The van der Waals surface area contributed by atoms with E-state index in [2.05, 4.69) is 53.6 Å². The molecule has 1 fully saturated rings. The van der Waals surface area contributed by atoms with E-state index in [1.807, 2.05) is 0 Å². The van der Waals surface area contributed by atoms with Crippen molar-refractivity contribution in [3.05, 3.63) is 17.8 Å². The van der Waals surface area contributed by atoms with Gasteiger partial charge in [0.05, 0.1) is 5.69 Å². The summed E-state index contributed by atoms with van der Waals surface area (Å²) in [5, 5.41) is 11.9. The van der Waals surface area contributed by atoms with Gasteiger partial charge >= 0.3 is 0 Å². The van der Waals surface area contributed by atoms with Crippen LogP contribution in [0, 0.1) is 0 Å². The quantitative estimate of drug-likeness (QED) is 0.885. The summed E-state index contributed by atoms with van der Waals surface area (Å²) >= 11 is 0. The monoisotopic (exact) mass is 248 g/mol. The van der Waals surface area contributed by atoms with Crippen LogP contribution in [-0.2, 0) is 6.42 Å². The largest absolute Gasteiger partial charge is 0.355 e. The van der Waals surface area contributed by atoms with Gasteiger partial charge < -0.3 is 10.2 Å². The first-order valence-corrected chi connectivity index (χ1v) is 6.97. The summed E-state index contributed by atoms with van der Waals surface area (Å²) in [6, 6.07) is 5.48. The number of hydrogen-bond acceptors (Lipinski definition) is 4. The minimum absolute atomic E-state index is 0.608. The molecule has 0 atom stereocenters. The zero-order valence-corrected chi connectivity index (χ0v) is 11.7. The van der Waals surface area contributed by atoms with Crippen molar-refractivity contribution in [1.82, 2.24) is 15.5 Å². The van der Waals surface area contributed by atoms with Crippen LogP contribution in [0.25, 0.3) is 0 Å². The smallest absolute Gasteiger partial charge is 0.151 e. The first-order chi connectivity index (χ1) is 8.74. The maximum absolute atomic E-state index is 4.32. The average Bonchev–Trinajstić information content (AvgIpc) is 2.47. The molecule has 4 heteroatoms. The molecule has 1 saturated carbocycles. The van der Waals surface area contributed by atoms with Crippen LogP contribution in [0.5, 0.6) is 0 Å².